The molecule has 7 rings (SSSR count). The summed E-state index contributed by atoms with van der Waals surface area (Å²) in [6.45, 7) is 2.47. The number of hydrogen-bond acceptors (Lipinski definition) is 7. The molecule has 0 fully saturated rings. The molecule has 3 heterocycles. The average molecular weight is 640 g/mol. The average Bonchev–Trinajstić information content (AvgIpc) is 3.74. The van der Waals surface area contributed by atoms with Crippen molar-refractivity contribution in [3.8, 4) is 0 Å². The van der Waals surface area contributed by atoms with Gasteiger partial charge in [0.1, 0.15) is 5.82 Å². The van der Waals surface area contributed by atoms with E-state index in [0.29, 0.717) is 24.1 Å². The first-order chi connectivity index (χ1) is 22.2. The van der Waals surface area contributed by atoms with Crippen LogP contribution in [-0.4, -0.2) is 59.8 Å². The number of benzene rings is 2. The number of fused-ring (bicyclic) bond motifs is 2. The second-order valence-electron chi connectivity index (χ2n) is 12.1. The first-order valence-corrected chi connectivity index (χ1v) is 17.1. The molecule has 0 radical (unpaired) electrons. The van der Waals surface area contributed by atoms with E-state index in [1.54, 1.807) is 42.6 Å². The van der Waals surface area contributed by atoms with Crippen LogP contribution in [0.1, 0.15) is 46.2 Å². The number of anilines is 1. The van der Waals surface area contributed by atoms with E-state index >= 15 is 0 Å². The van der Waals surface area contributed by atoms with Crippen molar-refractivity contribution in [2.45, 2.75) is 26.2 Å². The SMILES string of the molecule is C[C@H]1C2=CNN(c3ccc(F)cc3)C2=CC2=C1[C@@H](CN(CCc1ccccn1)S(=O)(=O)CCN1C(=O)c3ccccc3C1=O)CC2. The van der Waals surface area contributed by atoms with Crippen LogP contribution < -0.4 is 10.4 Å². The Hall–Kier alpha value is -4.61. The van der Waals surface area contributed by atoms with Crippen molar-refractivity contribution in [2.75, 3.05) is 30.4 Å². The molecule has 2 atom stereocenters. The van der Waals surface area contributed by atoms with Crippen LogP contribution in [0, 0.1) is 17.7 Å². The van der Waals surface area contributed by atoms with E-state index in [-0.39, 0.29) is 36.5 Å². The largest absolute Gasteiger partial charge is 0.301 e. The molecule has 46 heavy (non-hydrogen) atoms. The number of amides is 2. The van der Waals surface area contributed by atoms with E-state index < -0.39 is 21.8 Å². The quantitative estimate of drug-likeness (QED) is 0.317. The first kappa shape index (κ1) is 30.1. The number of carbonyl (C=O) groups is 2. The molecule has 0 bridgehead atoms. The Kier molecular flexibility index (Phi) is 7.82. The number of halogens is 1. The van der Waals surface area contributed by atoms with Crippen molar-refractivity contribution in [3.05, 3.63) is 130 Å². The summed E-state index contributed by atoms with van der Waals surface area (Å²) < 4.78 is 43.1. The molecule has 2 amide bonds. The van der Waals surface area contributed by atoms with Gasteiger partial charge in [0, 0.05) is 55.6 Å². The lowest BCUT2D eigenvalue weighted by molar-refractivity contribution is 0.0663. The minimum absolute atomic E-state index is 0.00128. The number of pyridine rings is 1. The van der Waals surface area contributed by atoms with Gasteiger partial charge in [0.25, 0.3) is 11.8 Å². The first-order valence-electron chi connectivity index (χ1n) is 15.5. The Morgan fingerprint density at radius 2 is 1.72 bits per heavy atom. The molecule has 0 unspecified atom stereocenters. The summed E-state index contributed by atoms with van der Waals surface area (Å²) in [5.74, 6) is -1.53. The maximum Gasteiger partial charge on any atom is 0.261 e. The molecular weight excluding hydrogens is 605 g/mol. The highest BCUT2D eigenvalue weighted by Crippen LogP contribution is 2.48. The normalized spacial score (nSPS) is 20.5. The lowest BCUT2D eigenvalue weighted by atomic mass is 9.80. The molecule has 2 aliphatic heterocycles. The van der Waals surface area contributed by atoms with Gasteiger partial charge in [-0.1, -0.05) is 30.7 Å². The van der Waals surface area contributed by atoms with Crippen molar-refractivity contribution >= 4 is 27.5 Å². The van der Waals surface area contributed by atoms with Crippen LogP contribution >= 0.6 is 0 Å². The van der Waals surface area contributed by atoms with Gasteiger partial charge in [-0.05, 0) is 78.9 Å². The van der Waals surface area contributed by atoms with Crippen LogP contribution in [0.15, 0.2) is 108 Å². The second kappa shape index (κ2) is 12.0. The number of hydrazine groups is 1. The van der Waals surface area contributed by atoms with E-state index in [1.807, 2.05) is 29.4 Å². The highest BCUT2D eigenvalue weighted by molar-refractivity contribution is 7.89. The van der Waals surface area contributed by atoms with Gasteiger partial charge in [-0.25, -0.2) is 17.1 Å². The van der Waals surface area contributed by atoms with Gasteiger partial charge >= 0.3 is 0 Å². The summed E-state index contributed by atoms with van der Waals surface area (Å²) >= 11 is 0. The van der Waals surface area contributed by atoms with Gasteiger partial charge in [-0.15, -0.1) is 0 Å². The van der Waals surface area contributed by atoms with E-state index in [0.717, 1.165) is 40.4 Å². The fraction of sp³-hybridized carbons (Fsp3) is 0.286. The van der Waals surface area contributed by atoms with E-state index in [2.05, 4.69) is 23.4 Å². The van der Waals surface area contributed by atoms with Gasteiger partial charge < -0.3 is 5.43 Å². The van der Waals surface area contributed by atoms with Gasteiger partial charge in [0.2, 0.25) is 10.0 Å². The standard InChI is InChI=1S/C35H34FN5O4S/c1-23-31-21-38-41(28-13-11-26(36)12-14-28)32(31)20-24-9-10-25(33(23)24)22-39(17-15-27-6-4-5-16-37-27)46(44,45)19-18-40-34(42)29-7-2-3-8-30(29)35(40)43/h2-8,11-14,16,20-21,23,25,38H,9-10,15,17-19,22H2,1H3/t23-,25+/m0/s1. The van der Waals surface area contributed by atoms with Crippen LogP contribution in [0.3, 0.4) is 0 Å². The van der Waals surface area contributed by atoms with Crippen LogP contribution in [-0.2, 0) is 16.4 Å². The predicted octanol–water partition coefficient (Wildman–Crippen LogP) is 4.84. The molecule has 236 valence electrons. The number of hydrogen-bond donors (Lipinski definition) is 1. The zero-order valence-corrected chi connectivity index (χ0v) is 26.2. The Morgan fingerprint density at radius 3 is 2.41 bits per heavy atom. The zero-order valence-electron chi connectivity index (χ0n) is 25.4. The number of nitrogens with one attached hydrogen (secondary N) is 1. The zero-order chi connectivity index (χ0) is 32.0. The van der Waals surface area contributed by atoms with Gasteiger partial charge in [0.15, 0.2) is 0 Å². The number of carbonyl (C=O) groups excluding carboxylic acids is 2. The minimum Gasteiger partial charge on any atom is -0.301 e. The van der Waals surface area contributed by atoms with Crippen molar-refractivity contribution in [1.29, 1.82) is 0 Å². The monoisotopic (exact) mass is 639 g/mol. The second-order valence-corrected chi connectivity index (χ2v) is 14.1. The van der Waals surface area contributed by atoms with Crippen LogP contribution in [0.2, 0.25) is 0 Å². The maximum atomic E-state index is 14.0. The fourth-order valence-corrected chi connectivity index (χ4v) is 8.51. The van der Waals surface area contributed by atoms with Gasteiger partial charge in [-0.2, -0.15) is 0 Å². The fourth-order valence-electron chi connectivity index (χ4n) is 7.06. The highest BCUT2D eigenvalue weighted by Gasteiger charge is 2.41. The van der Waals surface area contributed by atoms with Gasteiger partial charge in [-0.3, -0.25) is 24.5 Å². The molecule has 2 aliphatic carbocycles. The third kappa shape index (κ3) is 5.43. The summed E-state index contributed by atoms with van der Waals surface area (Å²) in [6.07, 6.45) is 7.89. The van der Waals surface area contributed by atoms with Crippen LogP contribution in [0.25, 0.3) is 0 Å². The van der Waals surface area contributed by atoms with Crippen LogP contribution in [0.5, 0.6) is 0 Å². The lowest BCUT2D eigenvalue weighted by Crippen LogP contribution is -2.42. The molecule has 0 spiro atoms. The Labute approximate surface area is 267 Å². The molecular formula is C35H34FN5O4S. The summed E-state index contributed by atoms with van der Waals surface area (Å²) in [4.78, 5) is 31.3. The molecule has 0 saturated heterocycles. The number of sulfonamides is 1. The van der Waals surface area contributed by atoms with Gasteiger partial charge in [0.05, 0.1) is 28.3 Å². The van der Waals surface area contributed by atoms with Crippen molar-refractivity contribution < 1.29 is 22.4 Å². The Bertz CT molecular complexity index is 1870. The number of aromatic nitrogens is 1. The molecule has 11 heteroatoms. The lowest BCUT2D eigenvalue weighted by Gasteiger charge is -2.32. The smallest absolute Gasteiger partial charge is 0.261 e. The van der Waals surface area contributed by atoms with Crippen molar-refractivity contribution in [3.63, 3.8) is 0 Å². The topological polar surface area (TPSA) is 103 Å². The summed E-state index contributed by atoms with van der Waals surface area (Å²) in [5.41, 5.74) is 10.1. The Morgan fingerprint density at radius 1 is 1.00 bits per heavy atom. The molecule has 1 aromatic heterocycles. The number of rotatable bonds is 10. The number of allylic oxidation sites excluding steroid dienone is 3. The molecule has 0 saturated carbocycles. The number of imide groups is 1. The van der Waals surface area contributed by atoms with Crippen LogP contribution in [0.4, 0.5) is 10.1 Å². The maximum absolute atomic E-state index is 14.0. The third-order valence-electron chi connectivity index (χ3n) is 9.40. The summed E-state index contributed by atoms with van der Waals surface area (Å²) in [7, 11) is -3.87. The minimum atomic E-state index is -3.87. The summed E-state index contributed by atoms with van der Waals surface area (Å²) in [5, 5.41) is 1.95. The van der Waals surface area contributed by atoms with E-state index in [4.69, 9.17) is 0 Å². The predicted molar refractivity (Wildman–Crippen MR) is 172 cm³/mol. The van der Waals surface area contributed by atoms with E-state index in [1.165, 1.54) is 27.6 Å². The molecule has 1 N–H and O–H groups in total. The number of nitrogens with zero attached hydrogens (tertiary/aromatic N) is 4. The van der Waals surface area contributed by atoms with Crippen molar-refractivity contribution in [1.82, 2.24) is 19.6 Å². The van der Waals surface area contributed by atoms with E-state index in [9.17, 15) is 22.4 Å². The van der Waals surface area contributed by atoms with Crippen molar-refractivity contribution in [2.24, 2.45) is 11.8 Å². The Balaban J connectivity index is 1.12. The molecule has 3 aromatic rings. The third-order valence-corrected chi connectivity index (χ3v) is 11.2. The molecule has 2 aromatic carbocycles. The molecule has 9 nitrogen and oxygen atoms in total. The molecule has 4 aliphatic rings. The summed E-state index contributed by atoms with van der Waals surface area (Å²) in [6, 6.07) is 18.5. The highest BCUT2D eigenvalue weighted by atomic mass is 32.2.